The quantitative estimate of drug-likeness (QED) is 0.777. The standard InChI is InChI=1S/C18H19N5O2/c1-25-14-10-22(11-14)17(24)9-12-5-7-13(8-6-12)15-3-2-4-16-20-18(19)21-23(15)16/h2-8,14H,9-11H2,1H3,(H2,19,21). The second-order valence-electron chi connectivity index (χ2n) is 6.18. The summed E-state index contributed by atoms with van der Waals surface area (Å²) in [7, 11) is 1.68. The Morgan fingerprint density at radius 2 is 2.00 bits per heavy atom. The van der Waals surface area contributed by atoms with Gasteiger partial charge in [0.25, 0.3) is 0 Å². The molecule has 0 unspecified atom stereocenters. The molecule has 7 heteroatoms. The molecule has 0 aliphatic carbocycles. The average Bonchev–Trinajstić information content (AvgIpc) is 2.95. The van der Waals surface area contributed by atoms with Crippen LogP contribution in [0.5, 0.6) is 0 Å². The zero-order valence-corrected chi connectivity index (χ0v) is 13.9. The van der Waals surface area contributed by atoms with Crippen molar-refractivity contribution in [3.63, 3.8) is 0 Å². The van der Waals surface area contributed by atoms with Gasteiger partial charge in [0.1, 0.15) is 0 Å². The lowest BCUT2D eigenvalue weighted by Crippen LogP contribution is -2.54. The Bertz CT molecular complexity index is 913. The summed E-state index contributed by atoms with van der Waals surface area (Å²) in [5, 5.41) is 4.23. The van der Waals surface area contributed by atoms with Gasteiger partial charge >= 0.3 is 0 Å². The third-order valence-electron chi connectivity index (χ3n) is 4.52. The molecule has 25 heavy (non-hydrogen) atoms. The van der Waals surface area contributed by atoms with Crippen molar-refractivity contribution in [3.05, 3.63) is 48.0 Å². The Balaban J connectivity index is 1.51. The molecular formula is C18H19N5O2. The number of aromatic nitrogens is 3. The molecule has 4 rings (SSSR count). The van der Waals surface area contributed by atoms with E-state index in [9.17, 15) is 4.79 Å². The average molecular weight is 337 g/mol. The van der Waals surface area contributed by atoms with E-state index in [1.165, 1.54) is 0 Å². The SMILES string of the molecule is COC1CN(C(=O)Cc2ccc(-c3cccc4nc(N)nn34)cc2)C1. The summed E-state index contributed by atoms with van der Waals surface area (Å²) >= 11 is 0. The molecule has 2 N–H and O–H groups in total. The van der Waals surface area contributed by atoms with Crippen molar-refractivity contribution in [1.29, 1.82) is 0 Å². The van der Waals surface area contributed by atoms with Crippen molar-refractivity contribution in [3.8, 4) is 11.3 Å². The van der Waals surface area contributed by atoms with E-state index in [4.69, 9.17) is 10.5 Å². The first-order valence-corrected chi connectivity index (χ1v) is 8.15. The molecule has 1 fully saturated rings. The largest absolute Gasteiger partial charge is 0.378 e. The van der Waals surface area contributed by atoms with Crippen LogP contribution in [0, 0.1) is 0 Å². The number of carbonyl (C=O) groups excluding carboxylic acids is 1. The fourth-order valence-electron chi connectivity index (χ4n) is 3.01. The summed E-state index contributed by atoms with van der Waals surface area (Å²) in [6.07, 6.45) is 0.582. The number of carbonyl (C=O) groups is 1. The van der Waals surface area contributed by atoms with Gasteiger partial charge in [0.2, 0.25) is 11.9 Å². The van der Waals surface area contributed by atoms with E-state index in [0.717, 1.165) is 16.8 Å². The van der Waals surface area contributed by atoms with Crippen LogP contribution in [0.2, 0.25) is 0 Å². The van der Waals surface area contributed by atoms with Crippen LogP contribution < -0.4 is 5.73 Å². The van der Waals surface area contributed by atoms with Gasteiger partial charge in [-0.25, -0.2) is 4.52 Å². The molecule has 1 aliphatic rings. The Hall–Kier alpha value is -2.93. The van der Waals surface area contributed by atoms with Crippen LogP contribution in [0.1, 0.15) is 5.56 Å². The number of rotatable bonds is 4. The molecule has 1 aromatic carbocycles. The van der Waals surface area contributed by atoms with Crippen molar-refractivity contribution >= 4 is 17.5 Å². The highest BCUT2D eigenvalue weighted by Crippen LogP contribution is 2.22. The molecule has 0 saturated carbocycles. The van der Waals surface area contributed by atoms with Crippen LogP contribution in [-0.2, 0) is 16.0 Å². The van der Waals surface area contributed by atoms with E-state index >= 15 is 0 Å². The second kappa shape index (κ2) is 6.18. The van der Waals surface area contributed by atoms with Gasteiger partial charge in [0.15, 0.2) is 5.65 Å². The topological polar surface area (TPSA) is 85.8 Å². The van der Waals surface area contributed by atoms with Crippen LogP contribution >= 0.6 is 0 Å². The first kappa shape index (κ1) is 15.6. The lowest BCUT2D eigenvalue weighted by molar-refractivity contribution is -0.142. The highest BCUT2D eigenvalue weighted by Gasteiger charge is 2.30. The highest BCUT2D eigenvalue weighted by atomic mass is 16.5. The van der Waals surface area contributed by atoms with Crippen molar-refractivity contribution in [2.75, 3.05) is 25.9 Å². The van der Waals surface area contributed by atoms with Gasteiger partial charge in [0.05, 0.1) is 18.2 Å². The van der Waals surface area contributed by atoms with E-state index in [-0.39, 0.29) is 18.0 Å². The smallest absolute Gasteiger partial charge is 0.240 e. The third kappa shape index (κ3) is 2.94. The van der Waals surface area contributed by atoms with Gasteiger partial charge < -0.3 is 15.4 Å². The maximum Gasteiger partial charge on any atom is 0.240 e. The lowest BCUT2D eigenvalue weighted by atomic mass is 10.0. The van der Waals surface area contributed by atoms with Gasteiger partial charge in [-0.3, -0.25) is 4.79 Å². The van der Waals surface area contributed by atoms with E-state index in [2.05, 4.69) is 10.1 Å². The lowest BCUT2D eigenvalue weighted by Gasteiger charge is -2.38. The van der Waals surface area contributed by atoms with Gasteiger partial charge in [-0.1, -0.05) is 30.3 Å². The summed E-state index contributed by atoms with van der Waals surface area (Å²) in [4.78, 5) is 18.2. The fraction of sp³-hybridized carbons (Fsp3) is 0.278. The number of methoxy groups -OCH3 is 1. The number of fused-ring (bicyclic) bond motifs is 1. The number of nitrogens with zero attached hydrogens (tertiary/aromatic N) is 4. The monoisotopic (exact) mass is 337 g/mol. The number of benzene rings is 1. The van der Waals surface area contributed by atoms with Crippen LogP contribution in [-0.4, -0.2) is 51.7 Å². The maximum atomic E-state index is 12.2. The minimum Gasteiger partial charge on any atom is -0.378 e. The van der Waals surface area contributed by atoms with Crippen molar-refractivity contribution < 1.29 is 9.53 Å². The molecule has 0 spiro atoms. The second-order valence-corrected chi connectivity index (χ2v) is 6.18. The first-order valence-electron chi connectivity index (χ1n) is 8.15. The molecule has 7 nitrogen and oxygen atoms in total. The summed E-state index contributed by atoms with van der Waals surface area (Å²) in [5.74, 6) is 0.380. The highest BCUT2D eigenvalue weighted by molar-refractivity contribution is 5.80. The number of hydrogen-bond donors (Lipinski definition) is 1. The molecule has 128 valence electrons. The van der Waals surface area contributed by atoms with Gasteiger partial charge in [-0.15, -0.1) is 5.10 Å². The van der Waals surface area contributed by atoms with Crippen molar-refractivity contribution in [2.45, 2.75) is 12.5 Å². The van der Waals surface area contributed by atoms with Gasteiger partial charge in [-0.05, 0) is 17.7 Å². The normalized spacial score (nSPS) is 14.7. The molecule has 1 saturated heterocycles. The van der Waals surface area contributed by atoms with E-state index < -0.39 is 0 Å². The molecule has 3 aromatic rings. The molecule has 1 amide bonds. The van der Waals surface area contributed by atoms with Crippen molar-refractivity contribution in [2.24, 2.45) is 0 Å². The van der Waals surface area contributed by atoms with Gasteiger partial charge in [0, 0.05) is 25.8 Å². The predicted octanol–water partition coefficient (Wildman–Crippen LogP) is 1.38. The third-order valence-corrected chi connectivity index (χ3v) is 4.52. The molecule has 0 bridgehead atoms. The Kier molecular flexibility index (Phi) is 3.85. The number of anilines is 1. The van der Waals surface area contributed by atoms with E-state index in [0.29, 0.717) is 25.2 Å². The molecule has 2 aromatic heterocycles. The molecular weight excluding hydrogens is 318 g/mol. The number of nitrogens with two attached hydrogens (primary N) is 1. The predicted molar refractivity (Wildman–Crippen MR) is 93.9 cm³/mol. The zero-order valence-electron chi connectivity index (χ0n) is 13.9. The van der Waals surface area contributed by atoms with Crippen LogP contribution in [0.15, 0.2) is 42.5 Å². The van der Waals surface area contributed by atoms with Crippen LogP contribution in [0.3, 0.4) is 0 Å². The summed E-state index contributed by atoms with van der Waals surface area (Å²) < 4.78 is 6.92. The summed E-state index contributed by atoms with van der Waals surface area (Å²) in [5.41, 5.74) is 9.29. The summed E-state index contributed by atoms with van der Waals surface area (Å²) in [6.45, 7) is 1.37. The molecule has 1 aliphatic heterocycles. The molecule has 3 heterocycles. The van der Waals surface area contributed by atoms with Crippen LogP contribution in [0.4, 0.5) is 5.95 Å². The summed E-state index contributed by atoms with van der Waals surface area (Å²) in [6, 6.07) is 13.7. The number of hydrogen-bond acceptors (Lipinski definition) is 5. The fourth-order valence-corrected chi connectivity index (χ4v) is 3.01. The zero-order chi connectivity index (χ0) is 17.4. The number of ether oxygens (including phenoxy) is 1. The van der Waals surface area contributed by atoms with Crippen LogP contribution in [0.25, 0.3) is 16.9 Å². The van der Waals surface area contributed by atoms with Crippen molar-refractivity contribution in [1.82, 2.24) is 19.5 Å². The van der Waals surface area contributed by atoms with Gasteiger partial charge in [-0.2, -0.15) is 4.98 Å². The number of pyridine rings is 1. The molecule has 0 atom stereocenters. The maximum absolute atomic E-state index is 12.2. The Morgan fingerprint density at radius 3 is 2.72 bits per heavy atom. The minimum absolute atomic E-state index is 0.132. The molecule has 0 radical (unpaired) electrons. The van der Waals surface area contributed by atoms with E-state index in [1.54, 1.807) is 11.6 Å². The Labute approximate surface area is 145 Å². The number of nitrogen functional groups attached to an aromatic ring is 1. The Morgan fingerprint density at radius 1 is 1.24 bits per heavy atom. The minimum atomic E-state index is 0.132. The number of likely N-dealkylation sites (tertiary alicyclic amines) is 1. The van der Waals surface area contributed by atoms with E-state index in [1.807, 2.05) is 47.4 Å². The first-order chi connectivity index (χ1) is 12.1. The number of amides is 1.